The number of piperidine rings is 1. The van der Waals surface area contributed by atoms with Crippen molar-refractivity contribution in [1.29, 1.82) is 0 Å². The average molecular weight is 331 g/mol. The Morgan fingerprint density at radius 2 is 2.20 bits per heavy atom. The highest BCUT2D eigenvalue weighted by atomic mass is 15.3. The van der Waals surface area contributed by atoms with Crippen molar-refractivity contribution in [2.45, 2.75) is 38.8 Å². The number of nitrogens with zero attached hydrogens (tertiary/aromatic N) is 4. The predicted molar refractivity (Wildman–Crippen MR) is 103 cm³/mol. The lowest BCUT2D eigenvalue weighted by Crippen LogP contribution is -2.37. The number of anilines is 2. The van der Waals surface area contributed by atoms with E-state index >= 15 is 0 Å². The molecule has 1 unspecified atom stereocenters. The van der Waals surface area contributed by atoms with Crippen LogP contribution in [0.3, 0.4) is 0 Å². The number of hydrogen-bond donors (Lipinski definition) is 1. The molecule has 0 saturated carbocycles. The van der Waals surface area contributed by atoms with Crippen LogP contribution in [0.15, 0.2) is 42.9 Å². The third kappa shape index (κ3) is 3.21. The predicted octanol–water partition coefficient (Wildman–Crippen LogP) is 2.51. The Morgan fingerprint density at radius 1 is 1.28 bits per heavy atom. The van der Waals surface area contributed by atoms with Gasteiger partial charge in [-0.15, -0.1) is 0 Å². The summed E-state index contributed by atoms with van der Waals surface area (Å²) in [5.41, 5.74) is 3.99. The van der Waals surface area contributed by atoms with Gasteiger partial charge in [-0.3, -0.25) is 4.98 Å². The van der Waals surface area contributed by atoms with Crippen LogP contribution in [-0.2, 0) is 6.54 Å². The molecule has 4 rings (SSSR count). The molecule has 0 amide bonds. The van der Waals surface area contributed by atoms with Crippen molar-refractivity contribution in [3.8, 4) is 0 Å². The van der Waals surface area contributed by atoms with E-state index in [1.807, 2.05) is 16.8 Å². The van der Waals surface area contributed by atoms with Crippen molar-refractivity contribution in [1.82, 2.24) is 14.6 Å². The van der Waals surface area contributed by atoms with Crippen LogP contribution in [0.5, 0.6) is 0 Å². The second-order valence-corrected chi connectivity index (χ2v) is 6.75. The maximum atomic E-state index is 6.15. The summed E-state index contributed by atoms with van der Waals surface area (Å²) < 4.78 is 1.88. The van der Waals surface area contributed by atoms with Gasteiger partial charge in [0.05, 0.1) is 5.52 Å². The van der Waals surface area contributed by atoms with Gasteiger partial charge < -0.3 is 10.2 Å². The number of hydrogen-bond acceptors (Lipinski definition) is 4. The maximum Gasteiger partial charge on any atom is 0.130 e. The topological polar surface area (TPSA) is 45.5 Å². The van der Waals surface area contributed by atoms with E-state index in [-0.39, 0.29) is 0 Å². The maximum absolute atomic E-state index is 6.15. The highest BCUT2D eigenvalue weighted by molar-refractivity contribution is 6.36. The van der Waals surface area contributed by atoms with Gasteiger partial charge in [0.2, 0.25) is 0 Å². The highest BCUT2D eigenvalue weighted by Gasteiger charge is 2.20. The van der Waals surface area contributed by atoms with Crippen LogP contribution in [0, 0.1) is 0 Å². The lowest BCUT2D eigenvalue weighted by Gasteiger charge is -2.35. The first kappa shape index (κ1) is 16.0. The van der Waals surface area contributed by atoms with Crippen molar-refractivity contribution in [3.05, 3.63) is 48.4 Å². The summed E-state index contributed by atoms with van der Waals surface area (Å²) in [7, 11) is 6.15. The minimum atomic E-state index is 0.548. The van der Waals surface area contributed by atoms with E-state index in [1.54, 1.807) is 12.4 Å². The molecule has 2 radical (unpaired) electrons. The molecule has 1 aliphatic rings. The molecule has 4 heterocycles. The first-order chi connectivity index (χ1) is 12.2. The quantitative estimate of drug-likeness (QED) is 0.746. The van der Waals surface area contributed by atoms with Crippen LogP contribution < -0.4 is 15.7 Å². The van der Waals surface area contributed by atoms with E-state index in [0.29, 0.717) is 18.0 Å². The van der Waals surface area contributed by atoms with E-state index in [1.165, 1.54) is 24.9 Å². The lowest BCUT2D eigenvalue weighted by atomic mass is 9.97. The second-order valence-electron chi connectivity index (χ2n) is 6.75. The summed E-state index contributed by atoms with van der Waals surface area (Å²) in [5.74, 6) is 0.950. The first-order valence-corrected chi connectivity index (χ1v) is 8.89. The lowest BCUT2D eigenvalue weighted by molar-refractivity contribution is 0.485. The number of rotatable bonds is 4. The van der Waals surface area contributed by atoms with Crippen molar-refractivity contribution in [3.63, 3.8) is 0 Å². The number of fused-ring (bicyclic) bond motifs is 1. The van der Waals surface area contributed by atoms with Crippen LogP contribution in [0.25, 0.3) is 5.52 Å². The van der Waals surface area contributed by atoms with Gasteiger partial charge in [0, 0.05) is 49.5 Å². The average Bonchev–Trinajstić information content (AvgIpc) is 3.02. The zero-order valence-corrected chi connectivity index (χ0v) is 14.5. The molecule has 1 fully saturated rings. The molecule has 0 bridgehead atoms. The summed E-state index contributed by atoms with van der Waals surface area (Å²) in [6, 6.07) is 8.89. The Balaban J connectivity index is 1.69. The van der Waals surface area contributed by atoms with Gasteiger partial charge in [-0.1, -0.05) is 11.5 Å². The van der Waals surface area contributed by atoms with Crippen molar-refractivity contribution >= 4 is 30.3 Å². The van der Waals surface area contributed by atoms with Gasteiger partial charge in [0.1, 0.15) is 13.7 Å². The van der Waals surface area contributed by atoms with Crippen molar-refractivity contribution < 1.29 is 0 Å². The number of aromatic nitrogens is 3. The monoisotopic (exact) mass is 331 g/mol. The molecular formula is C19H22BN5. The molecule has 3 aromatic rings. The smallest absolute Gasteiger partial charge is 0.130 e. The van der Waals surface area contributed by atoms with Crippen LogP contribution in [0.2, 0.25) is 0 Å². The molecule has 1 aliphatic heterocycles. The largest absolute Gasteiger partial charge is 0.369 e. The molecule has 0 aromatic carbocycles. The summed E-state index contributed by atoms with van der Waals surface area (Å²) in [4.78, 5) is 6.65. The minimum absolute atomic E-state index is 0.548. The molecule has 3 aromatic heterocycles. The van der Waals surface area contributed by atoms with Crippen molar-refractivity contribution in [2.75, 3.05) is 16.8 Å². The molecule has 1 N–H and O–H groups in total. The fourth-order valence-corrected chi connectivity index (χ4v) is 3.56. The number of nitrogens with one attached hydrogen (secondary N) is 1. The SMILES string of the molecule is [B]c1cnn2c(NCc3cccnc3)cc(N3CCCCC3C)cc12. The highest BCUT2D eigenvalue weighted by Crippen LogP contribution is 2.28. The van der Waals surface area contributed by atoms with Crippen LogP contribution in [0.4, 0.5) is 11.5 Å². The first-order valence-electron chi connectivity index (χ1n) is 8.89. The normalized spacial score (nSPS) is 17.8. The zero-order valence-electron chi connectivity index (χ0n) is 14.5. The van der Waals surface area contributed by atoms with Gasteiger partial charge in [-0.2, -0.15) is 5.10 Å². The molecule has 0 spiro atoms. The van der Waals surface area contributed by atoms with E-state index in [4.69, 9.17) is 7.85 Å². The number of pyridine rings is 2. The van der Waals surface area contributed by atoms with Gasteiger partial charge in [0.25, 0.3) is 0 Å². The van der Waals surface area contributed by atoms with E-state index < -0.39 is 0 Å². The van der Waals surface area contributed by atoms with Crippen LogP contribution in [-0.4, -0.2) is 35.0 Å². The Kier molecular flexibility index (Phi) is 4.34. The summed E-state index contributed by atoms with van der Waals surface area (Å²) in [6.45, 7) is 4.08. The Morgan fingerprint density at radius 3 is 3.00 bits per heavy atom. The molecule has 5 nitrogen and oxygen atoms in total. The zero-order chi connectivity index (χ0) is 17.2. The third-order valence-electron chi connectivity index (χ3n) is 4.96. The fraction of sp³-hybridized carbons (Fsp3) is 0.368. The summed E-state index contributed by atoms with van der Waals surface area (Å²) in [5, 5.41) is 7.92. The molecule has 25 heavy (non-hydrogen) atoms. The van der Waals surface area contributed by atoms with E-state index in [0.717, 1.165) is 23.4 Å². The summed E-state index contributed by atoms with van der Waals surface area (Å²) in [6.07, 6.45) is 9.16. The Hall–Kier alpha value is -2.50. The molecular weight excluding hydrogens is 309 g/mol. The van der Waals surface area contributed by atoms with Crippen molar-refractivity contribution in [2.24, 2.45) is 0 Å². The van der Waals surface area contributed by atoms with Gasteiger partial charge in [0.15, 0.2) is 0 Å². The Labute approximate surface area is 149 Å². The fourth-order valence-electron chi connectivity index (χ4n) is 3.56. The second kappa shape index (κ2) is 6.79. The minimum Gasteiger partial charge on any atom is -0.369 e. The van der Waals surface area contributed by atoms with E-state index in [9.17, 15) is 0 Å². The van der Waals surface area contributed by atoms with Gasteiger partial charge in [-0.05, 0) is 43.9 Å². The molecule has 1 saturated heterocycles. The van der Waals surface area contributed by atoms with E-state index in [2.05, 4.69) is 45.4 Å². The Bertz CT molecular complexity index is 861. The molecule has 1 atom stereocenters. The summed E-state index contributed by atoms with van der Waals surface area (Å²) >= 11 is 0. The van der Waals surface area contributed by atoms with Crippen LogP contribution >= 0.6 is 0 Å². The van der Waals surface area contributed by atoms with Crippen LogP contribution in [0.1, 0.15) is 31.7 Å². The molecule has 6 heteroatoms. The standard InChI is InChI=1S/C19H22BN5/c1-14-5-2-3-8-24(14)16-9-18-17(20)13-23-25(18)19(10-16)22-12-15-6-4-7-21-11-15/h4,6-7,9-11,13-14,22H,2-3,5,8,12H2,1H3. The molecule has 0 aliphatic carbocycles. The van der Waals surface area contributed by atoms with Gasteiger partial charge >= 0.3 is 0 Å². The molecule has 126 valence electrons. The third-order valence-corrected chi connectivity index (χ3v) is 4.96. The van der Waals surface area contributed by atoms with Gasteiger partial charge in [-0.25, -0.2) is 4.52 Å².